The summed E-state index contributed by atoms with van der Waals surface area (Å²) < 4.78 is 0. The van der Waals surface area contributed by atoms with Crippen molar-refractivity contribution in [1.29, 1.82) is 5.26 Å². The second kappa shape index (κ2) is 9.11. The number of benzene rings is 2. The van der Waals surface area contributed by atoms with E-state index in [4.69, 9.17) is 5.26 Å². The predicted octanol–water partition coefficient (Wildman–Crippen LogP) is 3.65. The predicted molar refractivity (Wildman–Crippen MR) is 104 cm³/mol. The zero-order valence-corrected chi connectivity index (χ0v) is 14.7. The molecule has 1 amide bonds. The van der Waals surface area contributed by atoms with Crippen LogP contribution in [0.4, 0.5) is 11.6 Å². The number of nitriles is 1. The summed E-state index contributed by atoms with van der Waals surface area (Å²) in [6.07, 6.45) is 3.43. The fraction of sp³-hybridized carbons (Fsp3) is 0.143. The number of hydrogen-bond acceptors (Lipinski definition) is 5. The third-order valence-electron chi connectivity index (χ3n) is 3.95. The Bertz CT molecular complexity index is 950. The van der Waals surface area contributed by atoms with Crippen molar-refractivity contribution in [2.24, 2.45) is 0 Å². The van der Waals surface area contributed by atoms with Crippen LogP contribution >= 0.6 is 0 Å². The van der Waals surface area contributed by atoms with Gasteiger partial charge in [0.1, 0.15) is 11.8 Å². The Morgan fingerprint density at radius 3 is 2.63 bits per heavy atom. The number of para-hydroxylation sites is 1. The molecule has 0 unspecified atom stereocenters. The molecule has 1 heterocycles. The molecule has 1 aromatic heterocycles. The molecule has 27 heavy (non-hydrogen) atoms. The first-order valence-corrected chi connectivity index (χ1v) is 8.67. The minimum absolute atomic E-state index is 0.239. The molecule has 0 atom stereocenters. The Morgan fingerprint density at radius 1 is 1.04 bits per heavy atom. The first-order chi connectivity index (χ1) is 13.3. The van der Waals surface area contributed by atoms with E-state index in [-0.39, 0.29) is 11.6 Å². The lowest BCUT2D eigenvalue weighted by molar-refractivity contribution is 0.102. The van der Waals surface area contributed by atoms with Gasteiger partial charge in [0.15, 0.2) is 0 Å². The second-order valence-electron chi connectivity index (χ2n) is 5.89. The van der Waals surface area contributed by atoms with Crippen molar-refractivity contribution in [3.05, 3.63) is 83.7 Å². The number of amides is 1. The third-order valence-corrected chi connectivity index (χ3v) is 3.95. The summed E-state index contributed by atoms with van der Waals surface area (Å²) in [4.78, 5) is 20.8. The molecule has 0 aliphatic rings. The van der Waals surface area contributed by atoms with Crippen LogP contribution in [0.25, 0.3) is 0 Å². The van der Waals surface area contributed by atoms with Crippen LogP contribution < -0.4 is 10.6 Å². The lowest BCUT2D eigenvalue weighted by atomic mass is 10.1. The van der Waals surface area contributed by atoms with Crippen molar-refractivity contribution in [2.45, 2.75) is 12.8 Å². The summed E-state index contributed by atoms with van der Waals surface area (Å²) in [5.41, 5.74) is 2.38. The molecule has 6 nitrogen and oxygen atoms in total. The van der Waals surface area contributed by atoms with Crippen molar-refractivity contribution in [3.63, 3.8) is 0 Å². The number of rotatable bonds is 7. The summed E-state index contributed by atoms with van der Waals surface area (Å²) in [5, 5.41) is 15.0. The van der Waals surface area contributed by atoms with Gasteiger partial charge in [0.05, 0.1) is 11.3 Å². The summed E-state index contributed by atoms with van der Waals surface area (Å²) in [5.74, 6) is 0.0247. The van der Waals surface area contributed by atoms with Crippen LogP contribution in [0, 0.1) is 11.3 Å². The fourth-order valence-electron chi connectivity index (χ4n) is 2.58. The van der Waals surface area contributed by atoms with E-state index in [0.717, 1.165) is 12.8 Å². The molecule has 0 saturated carbocycles. The van der Waals surface area contributed by atoms with Gasteiger partial charge in [0.25, 0.3) is 5.91 Å². The molecule has 2 N–H and O–H groups in total. The molecule has 3 aromatic rings. The average molecular weight is 357 g/mol. The lowest BCUT2D eigenvalue weighted by Crippen LogP contribution is -2.16. The Hall–Kier alpha value is -3.72. The van der Waals surface area contributed by atoms with Crippen molar-refractivity contribution in [2.75, 3.05) is 17.2 Å². The molecule has 0 aliphatic carbocycles. The average Bonchev–Trinajstić information content (AvgIpc) is 2.72. The van der Waals surface area contributed by atoms with E-state index in [1.165, 1.54) is 11.8 Å². The van der Waals surface area contributed by atoms with E-state index < -0.39 is 0 Å². The Balaban J connectivity index is 1.56. The largest absolute Gasteiger partial charge is 0.354 e. The monoisotopic (exact) mass is 357 g/mol. The maximum atomic E-state index is 12.4. The number of nitrogens with zero attached hydrogens (tertiary/aromatic N) is 3. The maximum Gasteiger partial charge on any atom is 0.274 e. The summed E-state index contributed by atoms with van der Waals surface area (Å²) in [6, 6.07) is 20.7. The number of carbonyl (C=O) groups excluding carboxylic acids is 1. The summed E-state index contributed by atoms with van der Waals surface area (Å²) >= 11 is 0. The number of carbonyl (C=O) groups is 1. The smallest absolute Gasteiger partial charge is 0.274 e. The van der Waals surface area contributed by atoms with Gasteiger partial charge in [-0.3, -0.25) is 4.79 Å². The first-order valence-electron chi connectivity index (χ1n) is 8.67. The van der Waals surface area contributed by atoms with Crippen LogP contribution in [0.3, 0.4) is 0 Å². The topological polar surface area (TPSA) is 90.7 Å². The molecule has 0 bridgehead atoms. The maximum absolute atomic E-state index is 12.4. The summed E-state index contributed by atoms with van der Waals surface area (Å²) in [6.45, 7) is 0.706. The molecule has 0 spiro atoms. The van der Waals surface area contributed by atoms with Crippen LogP contribution in [-0.4, -0.2) is 22.4 Å². The highest BCUT2D eigenvalue weighted by molar-refractivity contribution is 6.03. The number of anilines is 2. The van der Waals surface area contributed by atoms with Crippen LogP contribution in [0.2, 0.25) is 0 Å². The van der Waals surface area contributed by atoms with Gasteiger partial charge >= 0.3 is 0 Å². The highest BCUT2D eigenvalue weighted by Crippen LogP contribution is 2.14. The highest BCUT2D eigenvalue weighted by atomic mass is 16.1. The van der Waals surface area contributed by atoms with Crippen LogP contribution in [-0.2, 0) is 6.42 Å². The van der Waals surface area contributed by atoms with Gasteiger partial charge in [-0.25, -0.2) is 9.97 Å². The first kappa shape index (κ1) is 18.1. The second-order valence-corrected chi connectivity index (χ2v) is 5.89. The molecular weight excluding hydrogens is 338 g/mol. The van der Waals surface area contributed by atoms with Crippen LogP contribution in [0.15, 0.2) is 66.9 Å². The molecular formula is C21H19N5O. The molecule has 3 rings (SSSR count). The van der Waals surface area contributed by atoms with E-state index >= 15 is 0 Å². The molecule has 0 saturated heterocycles. The van der Waals surface area contributed by atoms with Crippen molar-refractivity contribution in [3.8, 4) is 6.07 Å². The lowest BCUT2D eigenvalue weighted by Gasteiger charge is -2.08. The molecule has 0 aliphatic heterocycles. The van der Waals surface area contributed by atoms with Gasteiger partial charge in [0.2, 0.25) is 5.95 Å². The highest BCUT2D eigenvalue weighted by Gasteiger charge is 2.11. The van der Waals surface area contributed by atoms with Crippen LogP contribution in [0.5, 0.6) is 0 Å². The summed E-state index contributed by atoms with van der Waals surface area (Å²) in [7, 11) is 0. The standard InChI is InChI=1S/C21H19N5O/c22-15-17-10-4-5-11-18(17)25-20(27)19-12-14-24-21(26-19)23-13-6-9-16-7-2-1-3-8-16/h1-5,7-8,10-12,14H,6,9,13H2,(H,25,27)(H,23,24,26). The number of nitrogens with one attached hydrogen (secondary N) is 2. The Kier molecular flexibility index (Phi) is 6.10. The van der Waals surface area contributed by atoms with E-state index in [1.54, 1.807) is 30.3 Å². The number of aryl methyl sites for hydroxylation is 1. The van der Waals surface area contributed by atoms with E-state index in [1.807, 2.05) is 18.2 Å². The molecule has 0 radical (unpaired) electrons. The quantitative estimate of drug-likeness (QED) is 0.630. The van der Waals surface area contributed by atoms with E-state index in [9.17, 15) is 4.79 Å². The zero-order valence-electron chi connectivity index (χ0n) is 14.7. The van der Waals surface area contributed by atoms with Crippen molar-refractivity contribution >= 4 is 17.5 Å². The fourth-order valence-corrected chi connectivity index (χ4v) is 2.58. The normalized spacial score (nSPS) is 10.0. The Labute approximate surface area is 157 Å². The minimum atomic E-state index is -0.382. The molecule has 0 fully saturated rings. The molecule has 134 valence electrons. The van der Waals surface area contributed by atoms with Crippen molar-refractivity contribution in [1.82, 2.24) is 9.97 Å². The number of hydrogen-bond donors (Lipinski definition) is 2. The van der Waals surface area contributed by atoms with E-state index in [2.05, 4.69) is 38.8 Å². The van der Waals surface area contributed by atoms with Gasteiger partial charge < -0.3 is 10.6 Å². The third kappa shape index (κ3) is 5.13. The minimum Gasteiger partial charge on any atom is -0.354 e. The molecule has 2 aromatic carbocycles. The van der Waals surface area contributed by atoms with Gasteiger partial charge in [-0.1, -0.05) is 42.5 Å². The van der Waals surface area contributed by atoms with Crippen LogP contribution in [0.1, 0.15) is 28.0 Å². The van der Waals surface area contributed by atoms with Gasteiger partial charge in [-0.15, -0.1) is 0 Å². The van der Waals surface area contributed by atoms with E-state index in [0.29, 0.717) is 23.7 Å². The van der Waals surface area contributed by atoms with Gasteiger partial charge in [-0.05, 0) is 36.6 Å². The SMILES string of the molecule is N#Cc1ccccc1NC(=O)c1ccnc(NCCCc2ccccc2)n1. The zero-order chi connectivity index (χ0) is 18.9. The van der Waals surface area contributed by atoms with Crippen molar-refractivity contribution < 1.29 is 4.79 Å². The molecule has 6 heteroatoms. The Morgan fingerprint density at radius 2 is 1.81 bits per heavy atom. The van der Waals surface area contributed by atoms with Gasteiger partial charge in [-0.2, -0.15) is 5.26 Å². The number of aromatic nitrogens is 2. The van der Waals surface area contributed by atoms with Gasteiger partial charge in [0, 0.05) is 12.7 Å².